The highest BCUT2D eigenvalue weighted by Gasteiger charge is 2.25. The number of carbonyl (C=O) groups is 1. The molecule has 0 saturated carbocycles. The fraction of sp³-hybridized carbons (Fsp3) is 0.933. The lowest BCUT2D eigenvalue weighted by Gasteiger charge is -2.15. The molecule has 0 saturated heterocycles. The molecule has 0 rings (SSSR count). The van der Waals surface area contributed by atoms with Crippen molar-refractivity contribution in [1.82, 2.24) is 0 Å². The van der Waals surface area contributed by atoms with Crippen LogP contribution in [0.4, 0.5) is 13.2 Å². The summed E-state index contributed by atoms with van der Waals surface area (Å²) >= 11 is 1.51. The van der Waals surface area contributed by atoms with Crippen molar-refractivity contribution in [3.05, 3.63) is 0 Å². The monoisotopic (exact) mass is 328 g/mol. The molecule has 0 N–H and O–H groups in total. The molecular weight excluding hydrogens is 301 g/mol. The van der Waals surface area contributed by atoms with Gasteiger partial charge in [-0.2, -0.15) is 13.2 Å². The van der Waals surface area contributed by atoms with Gasteiger partial charge in [0.25, 0.3) is 0 Å². The van der Waals surface area contributed by atoms with Crippen molar-refractivity contribution < 1.29 is 22.7 Å². The molecule has 0 bridgehead atoms. The first-order valence-corrected chi connectivity index (χ1v) is 8.80. The van der Waals surface area contributed by atoms with Crippen molar-refractivity contribution in [2.45, 2.75) is 76.6 Å². The predicted octanol–water partition coefficient (Wildman–Crippen LogP) is 5.35. The number of thioether (sulfide) groups is 1. The standard InChI is InChI=1S/C15H27F3O2S/c1-3-5-11-20-14(19)13(9-4-2)21-12-8-6-7-10-15(16,17)18/h13H,3-12H2,1-2H3. The molecule has 0 amide bonds. The Morgan fingerprint density at radius 3 is 2.38 bits per heavy atom. The van der Waals surface area contributed by atoms with Crippen molar-refractivity contribution in [3.8, 4) is 0 Å². The molecule has 6 heteroatoms. The van der Waals surface area contributed by atoms with E-state index in [-0.39, 0.29) is 17.6 Å². The van der Waals surface area contributed by atoms with Gasteiger partial charge >= 0.3 is 12.1 Å². The maximum Gasteiger partial charge on any atom is 0.389 e. The van der Waals surface area contributed by atoms with Crippen molar-refractivity contribution in [2.75, 3.05) is 12.4 Å². The summed E-state index contributed by atoms with van der Waals surface area (Å²) in [7, 11) is 0. The Morgan fingerprint density at radius 1 is 1.10 bits per heavy atom. The van der Waals surface area contributed by atoms with E-state index in [4.69, 9.17) is 4.74 Å². The predicted molar refractivity (Wildman–Crippen MR) is 81.5 cm³/mol. The van der Waals surface area contributed by atoms with Crippen LogP contribution in [0.1, 0.15) is 65.2 Å². The van der Waals surface area contributed by atoms with Crippen LogP contribution in [0.2, 0.25) is 0 Å². The van der Waals surface area contributed by atoms with Gasteiger partial charge in [-0.15, -0.1) is 11.8 Å². The molecular formula is C15H27F3O2S. The maximum absolute atomic E-state index is 12.0. The molecule has 0 aliphatic carbocycles. The van der Waals surface area contributed by atoms with Crippen LogP contribution in [0, 0.1) is 0 Å². The molecule has 0 radical (unpaired) electrons. The van der Waals surface area contributed by atoms with Gasteiger partial charge in [0.15, 0.2) is 0 Å². The Hall–Kier alpha value is -0.390. The van der Waals surface area contributed by atoms with Crippen LogP contribution >= 0.6 is 11.8 Å². The zero-order valence-corrected chi connectivity index (χ0v) is 13.8. The summed E-state index contributed by atoms with van der Waals surface area (Å²) in [5, 5.41) is -0.172. The number of ether oxygens (including phenoxy) is 1. The zero-order chi connectivity index (χ0) is 16.1. The summed E-state index contributed by atoms with van der Waals surface area (Å²) in [4.78, 5) is 11.9. The highest BCUT2D eigenvalue weighted by molar-refractivity contribution is 8.00. The van der Waals surface area contributed by atoms with Crippen LogP contribution in [0.15, 0.2) is 0 Å². The van der Waals surface area contributed by atoms with Gasteiger partial charge in [-0.25, -0.2) is 0 Å². The van der Waals surface area contributed by atoms with Crippen molar-refractivity contribution in [1.29, 1.82) is 0 Å². The largest absolute Gasteiger partial charge is 0.465 e. The molecule has 0 aromatic heterocycles. The van der Waals surface area contributed by atoms with E-state index in [1.165, 1.54) is 11.8 Å². The lowest BCUT2D eigenvalue weighted by molar-refractivity contribution is -0.143. The van der Waals surface area contributed by atoms with Crippen LogP contribution < -0.4 is 0 Å². The molecule has 1 atom stereocenters. The van der Waals surface area contributed by atoms with Crippen LogP contribution in [-0.2, 0) is 9.53 Å². The van der Waals surface area contributed by atoms with E-state index in [0.29, 0.717) is 25.2 Å². The SMILES string of the molecule is CCCCOC(=O)C(CCC)SCCCCCC(F)(F)F. The Balaban J connectivity index is 3.80. The van der Waals surface area contributed by atoms with E-state index in [1.54, 1.807) is 0 Å². The third-order valence-electron chi connectivity index (χ3n) is 2.98. The minimum Gasteiger partial charge on any atom is -0.465 e. The van der Waals surface area contributed by atoms with Crippen LogP contribution in [0.25, 0.3) is 0 Å². The lowest BCUT2D eigenvalue weighted by atomic mass is 10.2. The number of halogens is 3. The van der Waals surface area contributed by atoms with Crippen molar-refractivity contribution in [3.63, 3.8) is 0 Å². The Bertz CT molecular complexity index is 270. The van der Waals surface area contributed by atoms with Crippen molar-refractivity contribution >= 4 is 17.7 Å². The second-order valence-electron chi connectivity index (χ2n) is 5.09. The van der Waals surface area contributed by atoms with Gasteiger partial charge in [-0.05, 0) is 31.4 Å². The van der Waals surface area contributed by atoms with Gasteiger partial charge in [-0.3, -0.25) is 4.79 Å². The molecule has 0 aliphatic rings. The van der Waals surface area contributed by atoms with E-state index in [0.717, 1.165) is 25.7 Å². The number of hydrogen-bond acceptors (Lipinski definition) is 3. The molecule has 0 heterocycles. The third kappa shape index (κ3) is 13.0. The van der Waals surface area contributed by atoms with E-state index in [2.05, 4.69) is 0 Å². The van der Waals surface area contributed by atoms with E-state index in [9.17, 15) is 18.0 Å². The number of carbonyl (C=O) groups excluding carboxylic acids is 1. The summed E-state index contributed by atoms with van der Waals surface area (Å²) in [6, 6.07) is 0. The Labute approximate surface area is 130 Å². The van der Waals surface area contributed by atoms with Gasteiger partial charge in [0.1, 0.15) is 5.25 Å². The highest BCUT2D eigenvalue weighted by Crippen LogP contribution is 2.24. The molecule has 1 unspecified atom stereocenters. The molecule has 0 aromatic carbocycles. The average Bonchev–Trinajstić information content (AvgIpc) is 2.40. The fourth-order valence-corrected chi connectivity index (χ4v) is 3.03. The first kappa shape index (κ1) is 20.6. The van der Waals surface area contributed by atoms with Gasteiger partial charge in [0.2, 0.25) is 0 Å². The Kier molecular flexibility index (Phi) is 12.0. The van der Waals surface area contributed by atoms with E-state index < -0.39 is 12.6 Å². The summed E-state index contributed by atoms with van der Waals surface area (Å²) in [6.45, 7) is 4.50. The molecule has 2 nitrogen and oxygen atoms in total. The molecule has 0 aliphatic heterocycles. The summed E-state index contributed by atoms with van der Waals surface area (Å²) < 4.78 is 41.2. The molecule has 0 spiro atoms. The number of esters is 1. The second-order valence-corrected chi connectivity index (χ2v) is 6.41. The number of hydrogen-bond donors (Lipinski definition) is 0. The average molecular weight is 328 g/mol. The maximum atomic E-state index is 12.0. The first-order chi connectivity index (χ1) is 9.90. The normalized spacial score (nSPS) is 13.2. The minimum absolute atomic E-state index is 0.170. The van der Waals surface area contributed by atoms with Gasteiger partial charge < -0.3 is 4.74 Å². The first-order valence-electron chi connectivity index (χ1n) is 7.75. The summed E-state index contributed by atoms with van der Waals surface area (Å²) in [5.74, 6) is 0.538. The fourth-order valence-electron chi connectivity index (χ4n) is 1.77. The van der Waals surface area contributed by atoms with Crippen LogP contribution in [0.3, 0.4) is 0 Å². The van der Waals surface area contributed by atoms with Crippen LogP contribution in [0.5, 0.6) is 0 Å². The third-order valence-corrected chi connectivity index (χ3v) is 4.33. The molecule has 126 valence electrons. The zero-order valence-electron chi connectivity index (χ0n) is 13.0. The van der Waals surface area contributed by atoms with Gasteiger partial charge in [-0.1, -0.05) is 33.1 Å². The van der Waals surface area contributed by atoms with Gasteiger partial charge in [0.05, 0.1) is 6.61 Å². The highest BCUT2D eigenvalue weighted by atomic mass is 32.2. The molecule has 21 heavy (non-hydrogen) atoms. The second kappa shape index (κ2) is 12.2. The topological polar surface area (TPSA) is 26.3 Å². The van der Waals surface area contributed by atoms with Gasteiger partial charge in [0, 0.05) is 6.42 Å². The number of unbranched alkanes of at least 4 members (excludes halogenated alkanes) is 3. The lowest BCUT2D eigenvalue weighted by Crippen LogP contribution is -2.21. The summed E-state index contributed by atoms with van der Waals surface area (Å²) in [5.41, 5.74) is 0. The van der Waals surface area contributed by atoms with E-state index >= 15 is 0 Å². The molecule has 0 aromatic rings. The number of rotatable bonds is 12. The quantitative estimate of drug-likeness (QED) is 0.356. The Morgan fingerprint density at radius 2 is 1.81 bits per heavy atom. The minimum atomic E-state index is -4.05. The van der Waals surface area contributed by atoms with Crippen molar-refractivity contribution in [2.24, 2.45) is 0 Å². The van der Waals surface area contributed by atoms with E-state index in [1.807, 2.05) is 13.8 Å². The smallest absolute Gasteiger partial charge is 0.389 e. The number of alkyl halides is 3. The molecule has 0 fully saturated rings. The summed E-state index contributed by atoms with van der Waals surface area (Å²) in [6.07, 6.45) is 0.177. The van der Waals surface area contributed by atoms with Crippen LogP contribution in [-0.4, -0.2) is 29.8 Å².